The normalized spacial score (nSPS) is 17.1. The Labute approximate surface area is 180 Å². The second kappa shape index (κ2) is 8.46. The zero-order valence-electron chi connectivity index (χ0n) is 18.3. The minimum absolute atomic E-state index is 1.13. The van der Waals surface area contributed by atoms with Crippen LogP contribution >= 0.6 is 0 Å². The summed E-state index contributed by atoms with van der Waals surface area (Å²) in [6, 6.07) is 22.5. The van der Waals surface area contributed by atoms with Gasteiger partial charge in [-0.1, -0.05) is 0 Å². The first-order chi connectivity index (χ1) is 14.0. The zero-order chi connectivity index (χ0) is 20.4. The van der Waals surface area contributed by atoms with Gasteiger partial charge in [-0.05, 0) is 0 Å². The van der Waals surface area contributed by atoms with Gasteiger partial charge in [0, 0.05) is 0 Å². The molecular formula is C28H32Ti. The third-order valence-corrected chi connectivity index (χ3v) is 15.4. The second-order valence-corrected chi connectivity index (χ2v) is 14.9. The van der Waals surface area contributed by atoms with Crippen LogP contribution in [0.5, 0.6) is 0 Å². The van der Waals surface area contributed by atoms with Crippen LogP contribution in [0.1, 0.15) is 51.7 Å². The molecule has 2 aromatic rings. The van der Waals surface area contributed by atoms with Crippen LogP contribution in [0.3, 0.4) is 0 Å². The summed E-state index contributed by atoms with van der Waals surface area (Å²) in [7, 11) is 0. The van der Waals surface area contributed by atoms with E-state index in [1.165, 1.54) is 20.6 Å². The third-order valence-electron chi connectivity index (χ3n) is 6.73. The molecule has 2 aliphatic carbocycles. The van der Waals surface area contributed by atoms with Crippen LogP contribution in [0, 0.1) is 0 Å². The first-order valence-electron chi connectivity index (χ1n) is 10.8. The van der Waals surface area contributed by atoms with Crippen LogP contribution in [0.4, 0.5) is 0 Å². The molecule has 0 fully saturated rings. The molecule has 0 aliphatic heterocycles. The van der Waals surface area contributed by atoms with Gasteiger partial charge in [0.05, 0.1) is 0 Å². The SMILES string of the molecule is CC1=CCC(C)=[C]1[Ti]([CH2]c1ccccc1)([CH2]c1ccccc1)[C]1=C(C)CC=C1C. The summed E-state index contributed by atoms with van der Waals surface area (Å²) in [5.41, 5.74) is 9.35. The van der Waals surface area contributed by atoms with Gasteiger partial charge in [-0.25, -0.2) is 0 Å². The van der Waals surface area contributed by atoms with E-state index in [4.69, 9.17) is 0 Å². The average molecular weight is 416 g/mol. The van der Waals surface area contributed by atoms with E-state index >= 15 is 0 Å². The standard InChI is InChI=1S/2C7H9.2C7H7.Ti/c2*1-6-3-4-7(2)5-6;2*1-7-5-3-2-4-6-7;/h2*3H,4H2,1-2H3;2*2-6H,1H2;. The van der Waals surface area contributed by atoms with E-state index in [2.05, 4.69) is 101 Å². The van der Waals surface area contributed by atoms with Gasteiger partial charge < -0.3 is 0 Å². The van der Waals surface area contributed by atoms with Gasteiger partial charge in [0.2, 0.25) is 0 Å². The Balaban J connectivity index is 1.97. The molecule has 0 saturated carbocycles. The van der Waals surface area contributed by atoms with Crippen LogP contribution in [-0.2, 0) is 26.0 Å². The molecule has 0 saturated heterocycles. The number of rotatable bonds is 6. The molecule has 0 bridgehead atoms. The van der Waals surface area contributed by atoms with Crippen molar-refractivity contribution in [1.82, 2.24) is 0 Å². The van der Waals surface area contributed by atoms with Crippen molar-refractivity contribution in [3.05, 3.63) is 114 Å². The van der Waals surface area contributed by atoms with Crippen molar-refractivity contribution in [1.29, 1.82) is 0 Å². The van der Waals surface area contributed by atoms with Crippen LogP contribution < -0.4 is 0 Å². The van der Waals surface area contributed by atoms with Crippen molar-refractivity contribution in [2.45, 2.75) is 50.0 Å². The van der Waals surface area contributed by atoms with E-state index in [9.17, 15) is 0 Å². The van der Waals surface area contributed by atoms with E-state index in [-0.39, 0.29) is 0 Å². The second-order valence-electron chi connectivity index (χ2n) is 8.90. The van der Waals surface area contributed by atoms with Crippen LogP contribution in [0.15, 0.2) is 103 Å². The Morgan fingerprint density at radius 3 is 1.28 bits per heavy atom. The van der Waals surface area contributed by atoms with E-state index in [0.29, 0.717) is 0 Å². The van der Waals surface area contributed by atoms with Crippen molar-refractivity contribution >= 4 is 0 Å². The van der Waals surface area contributed by atoms with E-state index in [0.717, 1.165) is 12.8 Å². The molecule has 0 heterocycles. The monoisotopic (exact) mass is 416 g/mol. The molecule has 0 amide bonds. The molecule has 0 atom stereocenters. The van der Waals surface area contributed by atoms with E-state index in [1.54, 1.807) is 30.0 Å². The van der Waals surface area contributed by atoms with E-state index < -0.39 is 16.6 Å². The Morgan fingerprint density at radius 1 is 0.586 bits per heavy atom. The summed E-state index contributed by atoms with van der Waals surface area (Å²) < 4.78 is 5.99. The fourth-order valence-electron chi connectivity index (χ4n) is 5.70. The van der Waals surface area contributed by atoms with Crippen molar-refractivity contribution in [3.8, 4) is 0 Å². The van der Waals surface area contributed by atoms with E-state index in [1.807, 2.05) is 0 Å². The Morgan fingerprint density at radius 2 is 0.966 bits per heavy atom. The fourth-order valence-corrected chi connectivity index (χ4v) is 15.8. The maximum absolute atomic E-state index is 2.75. The van der Waals surface area contributed by atoms with Crippen molar-refractivity contribution in [3.63, 3.8) is 0 Å². The average Bonchev–Trinajstić information content (AvgIpc) is 3.24. The van der Waals surface area contributed by atoms with Gasteiger partial charge in [0.1, 0.15) is 0 Å². The van der Waals surface area contributed by atoms with Crippen molar-refractivity contribution < 1.29 is 16.6 Å². The number of allylic oxidation sites excluding steroid dienone is 8. The molecular weight excluding hydrogens is 384 g/mol. The molecule has 0 nitrogen and oxygen atoms in total. The fraction of sp³-hybridized carbons (Fsp3) is 0.286. The van der Waals surface area contributed by atoms with Gasteiger partial charge in [-0.15, -0.1) is 0 Å². The Bertz CT molecular complexity index is 931. The summed E-state index contributed by atoms with van der Waals surface area (Å²) in [6.45, 7) is 9.52. The topological polar surface area (TPSA) is 0 Å². The van der Waals surface area contributed by atoms with Crippen molar-refractivity contribution in [2.24, 2.45) is 0 Å². The van der Waals surface area contributed by atoms with Gasteiger partial charge in [-0.3, -0.25) is 0 Å². The molecule has 2 aromatic carbocycles. The van der Waals surface area contributed by atoms with Gasteiger partial charge >= 0.3 is 181 Å². The molecule has 0 aromatic heterocycles. The van der Waals surface area contributed by atoms with Crippen LogP contribution in [-0.4, -0.2) is 0 Å². The Hall–Kier alpha value is -1.89. The number of benzene rings is 2. The molecule has 0 N–H and O–H groups in total. The van der Waals surface area contributed by atoms with Gasteiger partial charge in [-0.2, -0.15) is 0 Å². The van der Waals surface area contributed by atoms with Gasteiger partial charge in [0.25, 0.3) is 0 Å². The predicted molar refractivity (Wildman–Crippen MR) is 122 cm³/mol. The quantitative estimate of drug-likeness (QED) is 0.422. The molecule has 2 aliphatic rings. The number of hydrogen-bond donors (Lipinski definition) is 0. The molecule has 1 heteroatoms. The maximum atomic E-state index is 2.48. The van der Waals surface area contributed by atoms with Gasteiger partial charge in [0.15, 0.2) is 0 Å². The first kappa shape index (κ1) is 20.4. The molecule has 0 radical (unpaired) electrons. The predicted octanol–water partition coefficient (Wildman–Crippen LogP) is 7.79. The summed E-state index contributed by atoms with van der Waals surface area (Å²) in [4.78, 5) is 0. The summed E-state index contributed by atoms with van der Waals surface area (Å²) in [5.74, 6) is 0. The molecule has 0 unspecified atom stereocenters. The molecule has 4 rings (SSSR count). The molecule has 0 spiro atoms. The first-order valence-corrected chi connectivity index (χ1v) is 14.6. The summed E-state index contributed by atoms with van der Waals surface area (Å²) in [5, 5.41) is 0. The number of hydrogen-bond acceptors (Lipinski definition) is 0. The van der Waals surface area contributed by atoms with Crippen molar-refractivity contribution in [2.75, 3.05) is 0 Å². The minimum atomic E-state index is -2.75. The summed E-state index contributed by atoms with van der Waals surface area (Å²) in [6.07, 6.45) is 7.22. The Kier molecular flexibility index (Phi) is 5.95. The summed E-state index contributed by atoms with van der Waals surface area (Å²) >= 11 is -2.75. The third kappa shape index (κ3) is 3.94. The molecule has 29 heavy (non-hydrogen) atoms. The van der Waals surface area contributed by atoms with Crippen LogP contribution in [0.25, 0.3) is 0 Å². The van der Waals surface area contributed by atoms with Crippen LogP contribution in [0.2, 0.25) is 0 Å². The zero-order valence-corrected chi connectivity index (χ0v) is 19.8. The molecule has 148 valence electrons.